The van der Waals surface area contributed by atoms with Gasteiger partial charge in [0.15, 0.2) is 0 Å². The van der Waals surface area contributed by atoms with Crippen LogP contribution in [0.25, 0.3) is 11.3 Å². The van der Waals surface area contributed by atoms with E-state index in [0.29, 0.717) is 12.1 Å². The second kappa shape index (κ2) is 5.28. The van der Waals surface area contributed by atoms with E-state index in [4.69, 9.17) is 0 Å². The van der Waals surface area contributed by atoms with Crippen molar-refractivity contribution in [1.29, 1.82) is 0 Å². The van der Waals surface area contributed by atoms with Gasteiger partial charge in [-0.05, 0) is 17.2 Å². The van der Waals surface area contributed by atoms with Gasteiger partial charge >= 0.3 is 0 Å². The summed E-state index contributed by atoms with van der Waals surface area (Å²) in [6, 6.07) is 15.4. The predicted molar refractivity (Wildman–Crippen MR) is 84.0 cm³/mol. The van der Waals surface area contributed by atoms with E-state index in [1.165, 1.54) is 0 Å². The van der Waals surface area contributed by atoms with Crippen LogP contribution in [0.5, 0.6) is 0 Å². The third-order valence-electron chi connectivity index (χ3n) is 3.98. The first kappa shape index (κ1) is 13.6. The molecule has 0 aliphatic heterocycles. The zero-order chi connectivity index (χ0) is 15.8. The van der Waals surface area contributed by atoms with Crippen molar-refractivity contribution in [2.45, 2.75) is 13.0 Å². The molecule has 0 unspecified atom stereocenters. The van der Waals surface area contributed by atoms with Gasteiger partial charge < -0.3 is 0 Å². The molecule has 1 aromatic heterocycles. The smallest absolute Gasteiger partial charge is 0.229 e. The van der Waals surface area contributed by atoms with Crippen molar-refractivity contribution in [3.8, 4) is 11.3 Å². The van der Waals surface area contributed by atoms with Gasteiger partial charge in [0, 0.05) is 17.5 Å². The van der Waals surface area contributed by atoms with Gasteiger partial charge in [-0.2, -0.15) is 0 Å². The van der Waals surface area contributed by atoms with E-state index in [0.717, 1.165) is 22.4 Å². The van der Waals surface area contributed by atoms with E-state index < -0.39 is 0 Å². The molecule has 0 bridgehead atoms. The van der Waals surface area contributed by atoms with Crippen molar-refractivity contribution in [2.24, 2.45) is 0 Å². The highest BCUT2D eigenvalue weighted by atomic mass is 16.2. The molecule has 0 spiro atoms. The Kier molecular flexibility index (Phi) is 3.12. The summed E-state index contributed by atoms with van der Waals surface area (Å²) in [5, 5.41) is 8.30. The number of rotatable bonds is 3. The molecule has 1 aliphatic rings. The molecular weight excluding hydrogens is 290 g/mol. The summed E-state index contributed by atoms with van der Waals surface area (Å²) in [5.74, 6) is -0.713. The lowest BCUT2D eigenvalue weighted by Gasteiger charge is -2.03. The van der Waals surface area contributed by atoms with E-state index in [9.17, 15) is 9.59 Å². The molecule has 0 radical (unpaired) electrons. The molecule has 0 atom stereocenters. The van der Waals surface area contributed by atoms with Crippen molar-refractivity contribution >= 4 is 11.6 Å². The van der Waals surface area contributed by atoms with Crippen molar-refractivity contribution in [2.75, 3.05) is 0 Å². The zero-order valence-electron chi connectivity index (χ0n) is 12.3. The quantitative estimate of drug-likeness (QED) is 0.696. The molecule has 0 amide bonds. The van der Waals surface area contributed by atoms with E-state index in [2.05, 4.69) is 10.3 Å². The number of ketones is 2. The van der Waals surface area contributed by atoms with Gasteiger partial charge in [-0.3, -0.25) is 9.59 Å². The van der Waals surface area contributed by atoms with Gasteiger partial charge in [-0.1, -0.05) is 47.7 Å². The fourth-order valence-electron chi connectivity index (χ4n) is 2.79. The average Bonchev–Trinajstić information content (AvgIpc) is 3.15. The van der Waals surface area contributed by atoms with Crippen LogP contribution >= 0.6 is 0 Å². The minimum absolute atomic E-state index is 0.218. The first-order valence-electron chi connectivity index (χ1n) is 7.35. The van der Waals surface area contributed by atoms with E-state index >= 15 is 0 Å². The molecular formula is C18H13N3O2. The Balaban J connectivity index is 1.59. The summed E-state index contributed by atoms with van der Waals surface area (Å²) in [4.78, 5) is 23.3. The lowest BCUT2D eigenvalue weighted by atomic mass is 10.1. The summed E-state index contributed by atoms with van der Waals surface area (Å²) in [7, 11) is 0. The van der Waals surface area contributed by atoms with Crippen LogP contribution < -0.4 is 0 Å². The summed E-state index contributed by atoms with van der Waals surface area (Å²) in [6.45, 7) is 0.509. The minimum Gasteiger partial charge on any atom is -0.290 e. The van der Waals surface area contributed by atoms with Gasteiger partial charge in [0.2, 0.25) is 11.6 Å². The SMILES string of the molecule is O=C1Cc2ccc(Cn3cc(-c4ccccc4)nn3)cc2C1=O. The molecule has 2 aromatic carbocycles. The Morgan fingerprint density at radius 1 is 1.04 bits per heavy atom. The molecule has 0 N–H and O–H groups in total. The van der Waals surface area contributed by atoms with Crippen LogP contribution in [0.15, 0.2) is 54.7 Å². The van der Waals surface area contributed by atoms with Crippen LogP contribution in [-0.2, 0) is 17.8 Å². The molecule has 0 saturated heterocycles. The fourth-order valence-corrected chi connectivity index (χ4v) is 2.79. The van der Waals surface area contributed by atoms with Crippen LogP contribution in [0.3, 0.4) is 0 Å². The highest BCUT2D eigenvalue weighted by Gasteiger charge is 2.28. The van der Waals surface area contributed by atoms with Crippen LogP contribution in [0.4, 0.5) is 0 Å². The Bertz CT molecular complexity index is 913. The maximum Gasteiger partial charge on any atom is 0.229 e. The molecule has 1 aliphatic carbocycles. The molecule has 3 aromatic rings. The number of aromatic nitrogens is 3. The highest BCUT2D eigenvalue weighted by Crippen LogP contribution is 2.22. The molecule has 1 heterocycles. The molecule has 4 rings (SSSR count). The van der Waals surface area contributed by atoms with E-state index in [1.807, 2.05) is 48.7 Å². The first-order chi connectivity index (χ1) is 11.2. The van der Waals surface area contributed by atoms with E-state index in [-0.39, 0.29) is 18.0 Å². The number of nitrogens with zero attached hydrogens (tertiary/aromatic N) is 3. The summed E-state index contributed by atoms with van der Waals surface area (Å²) < 4.78 is 1.73. The average molecular weight is 303 g/mol. The third-order valence-corrected chi connectivity index (χ3v) is 3.98. The van der Waals surface area contributed by atoms with Gasteiger partial charge in [0.25, 0.3) is 0 Å². The molecule has 5 nitrogen and oxygen atoms in total. The lowest BCUT2D eigenvalue weighted by Crippen LogP contribution is -2.06. The Hall–Kier alpha value is -3.08. The van der Waals surface area contributed by atoms with Crippen molar-refractivity contribution < 1.29 is 9.59 Å². The number of carbonyl (C=O) groups excluding carboxylic acids is 2. The maximum absolute atomic E-state index is 11.8. The first-order valence-corrected chi connectivity index (χ1v) is 7.35. The Morgan fingerprint density at radius 3 is 2.70 bits per heavy atom. The number of hydrogen-bond acceptors (Lipinski definition) is 4. The lowest BCUT2D eigenvalue weighted by molar-refractivity contribution is -0.114. The second-order valence-electron chi connectivity index (χ2n) is 5.59. The number of carbonyl (C=O) groups is 2. The van der Waals surface area contributed by atoms with Crippen molar-refractivity contribution in [3.63, 3.8) is 0 Å². The van der Waals surface area contributed by atoms with Crippen LogP contribution in [0.1, 0.15) is 21.5 Å². The molecule has 23 heavy (non-hydrogen) atoms. The normalized spacial score (nSPS) is 13.4. The number of benzene rings is 2. The Morgan fingerprint density at radius 2 is 1.87 bits per heavy atom. The monoisotopic (exact) mass is 303 g/mol. The van der Waals surface area contributed by atoms with Crippen LogP contribution in [0, 0.1) is 0 Å². The van der Waals surface area contributed by atoms with Crippen LogP contribution in [0.2, 0.25) is 0 Å². The van der Waals surface area contributed by atoms with Gasteiger partial charge in [-0.25, -0.2) is 4.68 Å². The summed E-state index contributed by atoms with van der Waals surface area (Å²) >= 11 is 0. The summed E-state index contributed by atoms with van der Waals surface area (Å²) in [6.07, 6.45) is 2.09. The number of fused-ring (bicyclic) bond motifs is 1. The number of Topliss-reactive ketones (excluding diaryl/α,β-unsaturated/α-hetero) is 2. The summed E-state index contributed by atoms with van der Waals surface area (Å²) in [5.41, 5.74) is 4.08. The third kappa shape index (κ3) is 2.46. The molecule has 5 heteroatoms. The van der Waals surface area contributed by atoms with Crippen molar-refractivity contribution in [3.05, 3.63) is 71.4 Å². The topological polar surface area (TPSA) is 64.8 Å². The molecule has 112 valence electrons. The van der Waals surface area contributed by atoms with E-state index in [1.54, 1.807) is 10.7 Å². The minimum atomic E-state index is -0.384. The largest absolute Gasteiger partial charge is 0.290 e. The van der Waals surface area contributed by atoms with Crippen molar-refractivity contribution in [1.82, 2.24) is 15.0 Å². The van der Waals surface area contributed by atoms with Crippen LogP contribution in [-0.4, -0.2) is 26.6 Å². The maximum atomic E-state index is 11.8. The number of hydrogen-bond donors (Lipinski definition) is 0. The van der Waals surface area contributed by atoms with Gasteiger partial charge in [0.05, 0.1) is 12.7 Å². The molecule has 0 fully saturated rings. The second-order valence-corrected chi connectivity index (χ2v) is 5.59. The van der Waals surface area contributed by atoms with Gasteiger partial charge in [0.1, 0.15) is 5.69 Å². The Labute approximate surface area is 132 Å². The zero-order valence-corrected chi connectivity index (χ0v) is 12.3. The predicted octanol–water partition coefficient (Wildman–Crippen LogP) is 2.30. The fraction of sp³-hybridized carbons (Fsp3) is 0.111. The highest BCUT2D eigenvalue weighted by molar-refractivity contribution is 6.47. The molecule has 0 saturated carbocycles. The van der Waals surface area contributed by atoms with Gasteiger partial charge in [-0.15, -0.1) is 5.10 Å². The standard InChI is InChI=1S/C18H13N3O2/c22-17-9-14-7-6-12(8-15(14)18(17)23)10-21-11-16(19-20-21)13-4-2-1-3-5-13/h1-8,11H,9-10H2.